The number of nitrogens with one attached hydrogen (secondary N) is 1. The van der Waals surface area contributed by atoms with Gasteiger partial charge in [-0.2, -0.15) is 0 Å². The number of thioether (sulfide) groups is 1. The van der Waals surface area contributed by atoms with Crippen LogP contribution in [0.15, 0.2) is 29.2 Å². The first-order valence-electron chi connectivity index (χ1n) is 7.30. The van der Waals surface area contributed by atoms with E-state index in [2.05, 4.69) is 54.6 Å². The quantitative estimate of drug-likeness (QED) is 0.821. The number of likely N-dealkylation sites (tertiary alicyclic amines) is 1. The Morgan fingerprint density at radius 2 is 2.05 bits per heavy atom. The van der Waals surface area contributed by atoms with Crippen LogP contribution in [0.1, 0.15) is 26.7 Å². The second-order valence-corrected chi connectivity index (χ2v) is 6.72. The van der Waals surface area contributed by atoms with Gasteiger partial charge in [-0.1, -0.05) is 19.9 Å². The van der Waals surface area contributed by atoms with Crippen LogP contribution >= 0.6 is 11.8 Å². The Hall–Kier alpha value is -0.670. The van der Waals surface area contributed by atoms with E-state index in [0.29, 0.717) is 6.04 Å². The SMILES string of the molecule is CSc1cccc(NC2CCN(CC(C)C)CC2)c1. The van der Waals surface area contributed by atoms with Gasteiger partial charge in [-0.25, -0.2) is 0 Å². The molecule has 1 aliphatic heterocycles. The predicted molar refractivity (Wildman–Crippen MR) is 86.1 cm³/mol. The number of rotatable bonds is 5. The highest BCUT2D eigenvalue weighted by atomic mass is 32.2. The van der Waals surface area contributed by atoms with Crippen LogP contribution in [0, 0.1) is 5.92 Å². The molecule has 0 aliphatic carbocycles. The van der Waals surface area contributed by atoms with Crippen molar-refractivity contribution in [2.45, 2.75) is 37.6 Å². The molecule has 1 heterocycles. The van der Waals surface area contributed by atoms with E-state index < -0.39 is 0 Å². The maximum Gasteiger partial charge on any atom is 0.0353 e. The van der Waals surface area contributed by atoms with Gasteiger partial charge in [-0.05, 0) is 43.2 Å². The predicted octanol–water partition coefficient (Wildman–Crippen LogP) is 3.94. The van der Waals surface area contributed by atoms with E-state index >= 15 is 0 Å². The molecular formula is C16H26N2S. The Morgan fingerprint density at radius 3 is 2.68 bits per heavy atom. The standard InChI is InChI=1S/C16H26N2S/c1-13(2)12-18-9-7-14(8-10-18)17-15-5-4-6-16(11-15)19-3/h4-6,11,13-14,17H,7-10,12H2,1-3H3. The normalized spacial score (nSPS) is 17.9. The van der Waals surface area contributed by atoms with Crippen molar-refractivity contribution in [2.24, 2.45) is 5.92 Å². The molecule has 1 aromatic carbocycles. The largest absolute Gasteiger partial charge is 0.382 e. The van der Waals surface area contributed by atoms with Gasteiger partial charge in [-0.3, -0.25) is 0 Å². The summed E-state index contributed by atoms with van der Waals surface area (Å²) in [7, 11) is 0. The van der Waals surface area contributed by atoms with Crippen molar-refractivity contribution in [3.63, 3.8) is 0 Å². The van der Waals surface area contributed by atoms with Gasteiger partial charge in [0.25, 0.3) is 0 Å². The molecule has 0 atom stereocenters. The zero-order chi connectivity index (χ0) is 13.7. The molecule has 106 valence electrons. The van der Waals surface area contributed by atoms with Crippen molar-refractivity contribution in [1.82, 2.24) is 4.90 Å². The number of benzene rings is 1. The van der Waals surface area contributed by atoms with E-state index in [1.807, 2.05) is 0 Å². The Balaban J connectivity index is 1.81. The number of hydrogen-bond acceptors (Lipinski definition) is 3. The molecule has 0 spiro atoms. The summed E-state index contributed by atoms with van der Waals surface area (Å²) in [6.45, 7) is 8.32. The lowest BCUT2D eigenvalue weighted by atomic mass is 10.0. The lowest BCUT2D eigenvalue weighted by Crippen LogP contribution is -2.40. The van der Waals surface area contributed by atoms with Crippen LogP contribution in [0.3, 0.4) is 0 Å². The van der Waals surface area contributed by atoms with E-state index in [1.54, 1.807) is 11.8 Å². The Morgan fingerprint density at radius 1 is 1.32 bits per heavy atom. The first-order valence-corrected chi connectivity index (χ1v) is 8.53. The molecule has 1 aliphatic rings. The van der Waals surface area contributed by atoms with Gasteiger partial charge in [0.2, 0.25) is 0 Å². The molecule has 2 nitrogen and oxygen atoms in total. The van der Waals surface area contributed by atoms with Crippen LogP contribution in [0.25, 0.3) is 0 Å². The molecule has 0 radical (unpaired) electrons. The van der Waals surface area contributed by atoms with Gasteiger partial charge in [0.05, 0.1) is 0 Å². The molecule has 0 amide bonds. The minimum Gasteiger partial charge on any atom is -0.382 e. The molecule has 1 saturated heterocycles. The molecule has 3 heteroatoms. The lowest BCUT2D eigenvalue weighted by molar-refractivity contribution is 0.198. The number of hydrogen-bond donors (Lipinski definition) is 1. The summed E-state index contributed by atoms with van der Waals surface area (Å²) in [5.74, 6) is 0.780. The van der Waals surface area contributed by atoms with Gasteiger partial charge in [0, 0.05) is 36.3 Å². The molecule has 2 rings (SSSR count). The van der Waals surface area contributed by atoms with Gasteiger partial charge in [-0.15, -0.1) is 11.8 Å². The second kappa shape index (κ2) is 7.20. The summed E-state index contributed by atoms with van der Waals surface area (Å²) >= 11 is 1.80. The molecular weight excluding hydrogens is 252 g/mol. The summed E-state index contributed by atoms with van der Waals surface area (Å²) in [5.41, 5.74) is 1.27. The number of anilines is 1. The maximum atomic E-state index is 3.69. The van der Waals surface area contributed by atoms with Crippen LogP contribution in [-0.2, 0) is 0 Å². The zero-order valence-corrected chi connectivity index (χ0v) is 13.2. The second-order valence-electron chi connectivity index (χ2n) is 5.85. The molecule has 0 unspecified atom stereocenters. The van der Waals surface area contributed by atoms with E-state index in [0.717, 1.165) is 5.92 Å². The van der Waals surface area contributed by atoms with Crippen LogP contribution in [0.4, 0.5) is 5.69 Å². The fraction of sp³-hybridized carbons (Fsp3) is 0.625. The van der Waals surface area contributed by atoms with E-state index in [4.69, 9.17) is 0 Å². The third-order valence-electron chi connectivity index (χ3n) is 3.65. The Kier molecular flexibility index (Phi) is 5.59. The fourth-order valence-electron chi connectivity index (χ4n) is 2.72. The number of piperidine rings is 1. The van der Waals surface area contributed by atoms with Gasteiger partial charge in [0.15, 0.2) is 0 Å². The summed E-state index contributed by atoms with van der Waals surface area (Å²) in [6, 6.07) is 9.38. The topological polar surface area (TPSA) is 15.3 Å². The van der Waals surface area contributed by atoms with E-state index in [9.17, 15) is 0 Å². The Labute approximate surface area is 122 Å². The minimum absolute atomic E-state index is 0.639. The van der Waals surface area contributed by atoms with Gasteiger partial charge in [0.1, 0.15) is 0 Å². The van der Waals surface area contributed by atoms with Crippen molar-refractivity contribution in [3.05, 3.63) is 24.3 Å². The maximum absolute atomic E-state index is 3.69. The summed E-state index contributed by atoms with van der Waals surface area (Å²) < 4.78 is 0. The molecule has 0 aromatic heterocycles. The molecule has 0 saturated carbocycles. The van der Waals surface area contributed by atoms with Crippen LogP contribution in [-0.4, -0.2) is 36.8 Å². The molecule has 1 N–H and O–H groups in total. The third kappa shape index (κ3) is 4.73. The number of nitrogens with zero attached hydrogens (tertiary/aromatic N) is 1. The Bertz CT molecular complexity index is 384. The smallest absolute Gasteiger partial charge is 0.0353 e. The molecule has 19 heavy (non-hydrogen) atoms. The van der Waals surface area contributed by atoms with Crippen molar-refractivity contribution in [1.29, 1.82) is 0 Å². The summed E-state index contributed by atoms with van der Waals surface area (Å²) in [6.07, 6.45) is 4.65. The third-order valence-corrected chi connectivity index (χ3v) is 4.38. The van der Waals surface area contributed by atoms with E-state index in [-0.39, 0.29) is 0 Å². The lowest BCUT2D eigenvalue weighted by Gasteiger charge is -2.33. The highest BCUT2D eigenvalue weighted by Gasteiger charge is 2.19. The zero-order valence-electron chi connectivity index (χ0n) is 12.4. The van der Waals surface area contributed by atoms with Gasteiger partial charge >= 0.3 is 0 Å². The van der Waals surface area contributed by atoms with Crippen molar-refractivity contribution >= 4 is 17.4 Å². The average molecular weight is 278 g/mol. The van der Waals surface area contributed by atoms with Crippen LogP contribution in [0.2, 0.25) is 0 Å². The monoisotopic (exact) mass is 278 g/mol. The molecule has 1 aromatic rings. The summed E-state index contributed by atoms with van der Waals surface area (Å²) in [5, 5.41) is 3.69. The fourth-order valence-corrected chi connectivity index (χ4v) is 3.18. The van der Waals surface area contributed by atoms with Crippen LogP contribution in [0.5, 0.6) is 0 Å². The first kappa shape index (κ1) is 14.7. The van der Waals surface area contributed by atoms with Gasteiger partial charge < -0.3 is 10.2 Å². The first-order chi connectivity index (χ1) is 9.17. The highest BCUT2D eigenvalue weighted by Crippen LogP contribution is 2.22. The molecule has 1 fully saturated rings. The average Bonchev–Trinajstić information content (AvgIpc) is 2.41. The minimum atomic E-state index is 0.639. The summed E-state index contributed by atoms with van der Waals surface area (Å²) in [4.78, 5) is 3.93. The van der Waals surface area contributed by atoms with Crippen molar-refractivity contribution in [2.75, 3.05) is 31.2 Å². The van der Waals surface area contributed by atoms with Crippen molar-refractivity contribution < 1.29 is 0 Å². The molecule has 0 bridgehead atoms. The van der Waals surface area contributed by atoms with Crippen molar-refractivity contribution in [3.8, 4) is 0 Å². The van der Waals surface area contributed by atoms with Crippen LogP contribution < -0.4 is 5.32 Å². The highest BCUT2D eigenvalue weighted by molar-refractivity contribution is 7.98. The van der Waals surface area contributed by atoms with E-state index in [1.165, 1.54) is 43.1 Å².